The monoisotopic (exact) mass is 445 g/mol. The summed E-state index contributed by atoms with van der Waals surface area (Å²) < 4.78 is 0. The van der Waals surface area contributed by atoms with Crippen LogP contribution in [-0.4, -0.2) is 23.2 Å². The molecular weight excluding hydrogens is 410 g/mol. The fourth-order valence-corrected chi connectivity index (χ4v) is 6.02. The molecule has 0 unspecified atom stereocenters. The summed E-state index contributed by atoms with van der Waals surface area (Å²) in [6.45, 7) is 11.6. The summed E-state index contributed by atoms with van der Waals surface area (Å²) in [6, 6.07) is 10.0. The van der Waals surface area contributed by atoms with Gasteiger partial charge in [0.2, 0.25) is 11.6 Å². The van der Waals surface area contributed by atoms with E-state index in [2.05, 4.69) is 32.7 Å². The van der Waals surface area contributed by atoms with Crippen LogP contribution in [0.15, 0.2) is 76.7 Å². The quantitative estimate of drug-likeness (QED) is 0.431. The lowest BCUT2D eigenvalue weighted by atomic mass is 9.56. The topological polar surface area (TPSA) is 66.4 Å². The normalized spacial score (nSPS) is 28.1. The lowest BCUT2D eigenvalue weighted by molar-refractivity contribution is -0.132. The highest BCUT2D eigenvalue weighted by atomic mass is 16.3. The first-order valence-corrected chi connectivity index (χ1v) is 12.1. The van der Waals surface area contributed by atoms with Crippen LogP contribution in [0.1, 0.15) is 58.4 Å². The Kier molecular flexibility index (Phi) is 6.47. The zero-order chi connectivity index (χ0) is 23.8. The predicted octanol–water partition coefficient (Wildman–Crippen LogP) is 5.78. The zero-order valence-electron chi connectivity index (χ0n) is 20.0. The summed E-state index contributed by atoms with van der Waals surface area (Å²) in [5, 5.41) is 14.3. The van der Waals surface area contributed by atoms with Crippen LogP contribution in [0.2, 0.25) is 0 Å². The van der Waals surface area contributed by atoms with Gasteiger partial charge in [-0.2, -0.15) is 0 Å². The molecule has 0 spiro atoms. The average molecular weight is 446 g/mol. The summed E-state index contributed by atoms with van der Waals surface area (Å²) in [7, 11) is 0. The first kappa shape index (κ1) is 23.3. The summed E-state index contributed by atoms with van der Waals surface area (Å²) >= 11 is 0. The van der Waals surface area contributed by atoms with Gasteiger partial charge in [-0.05, 0) is 66.9 Å². The maximum Gasteiger partial charge on any atom is 0.232 e. The zero-order valence-corrected chi connectivity index (χ0v) is 20.0. The van der Waals surface area contributed by atoms with Crippen molar-refractivity contribution in [2.24, 2.45) is 17.3 Å². The van der Waals surface area contributed by atoms with Gasteiger partial charge in [0.1, 0.15) is 5.76 Å². The molecule has 2 N–H and O–H groups in total. The SMILES string of the molecule is C=C1CCCC2=C1[C@H](C)C[C@H](C)[C@@]2(C)CC1=C(O)C(NCCc2ccccc2)=CC(=O)C1=O. The molecule has 174 valence electrons. The first-order chi connectivity index (χ1) is 15.7. The van der Waals surface area contributed by atoms with Crippen molar-refractivity contribution in [3.05, 3.63) is 82.3 Å². The Hall–Kier alpha value is -2.88. The number of Topliss-reactive ketones (excluding diaryl/α,β-unsaturated/α-hetero) is 1. The molecule has 4 heteroatoms. The molecule has 1 aromatic rings. The van der Waals surface area contributed by atoms with Gasteiger partial charge >= 0.3 is 0 Å². The number of aliphatic hydroxyl groups excluding tert-OH is 1. The number of allylic oxidation sites excluding steroid dienone is 5. The Bertz CT molecular complexity index is 1080. The number of ketones is 2. The third-order valence-electron chi connectivity index (χ3n) is 8.02. The van der Waals surface area contributed by atoms with Crippen LogP contribution in [0.4, 0.5) is 0 Å². The summed E-state index contributed by atoms with van der Waals surface area (Å²) in [4.78, 5) is 25.5. The second kappa shape index (κ2) is 9.17. The van der Waals surface area contributed by atoms with E-state index >= 15 is 0 Å². The molecule has 3 atom stereocenters. The molecule has 0 fully saturated rings. The van der Waals surface area contributed by atoms with Crippen molar-refractivity contribution in [2.45, 2.75) is 59.3 Å². The summed E-state index contributed by atoms with van der Waals surface area (Å²) in [5.74, 6) is -0.424. The van der Waals surface area contributed by atoms with Crippen LogP contribution in [0.3, 0.4) is 0 Å². The molecule has 0 aromatic heterocycles. The van der Waals surface area contributed by atoms with Gasteiger partial charge in [-0.1, -0.05) is 68.8 Å². The average Bonchev–Trinajstić information content (AvgIpc) is 2.79. The van der Waals surface area contributed by atoms with Crippen molar-refractivity contribution in [3.63, 3.8) is 0 Å². The number of hydrogen-bond acceptors (Lipinski definition) is 4. The highest BCUT2D eigenvalue weighted by Gasteiger charge is 2.46. The highest BCUT2D eigenvalue weighted by molar-refractivity contribution is 6.48. The lowest BCUT2D eigenvalue weighted by Gasteiger charge is -2.48. The van der Waals surface area contributed by atoms with Crippen molar-refractivity contribution < 1.29 is 14.7 Å². The van der Waals surface area contributed by atoms with Crippen LogP contribution in [0, 0.1) is 17.3 Å². The third-order valence-corrected chi connectivity index (χ3v) is 8.02. The van der Waals surface area contributed by atoms with E-state index < -0.39 is 11.6 Å². The van der Waals surface area contributed by atoms with Gasteiger partial charge in [0.25, 0.3) is 0 Å². The second-order valence-corrected chi connectivity index (χ2v) is 10.2. The van der Waals surface area contributed by atoms with Gasteiger partial charge < -0.3 is 10.4 Å². The Morgan fingerprint density at radius 2 is 1.88 bits per heavy atom. The minimum atomic E-state index is -0.579. The van der Waals surface area contributed by atoms with Crippen molar-refractivity contribution in [1.29, 1.82) is 0 Å². The summed E-state index contributed by atoms with van der Waals surface area (Å²) in [6.07, 6.45) is 6.48. The van der Waals surface area contributed by atoms with Gasteiger partial charge in [0.15, 0.2) is 0 Å². The lowest BCUT2D eigenvalue weighted by Crippen LogP contribution is -2.39. The number of benzene rings is 1. The first-order valence-electron chi connectivity index (χ1n) is 12.1. The number of rotatable bonds is 6. The predicted molar refractivity (Wildman–Crippen MR) is 132 cm³/mol. The Balaban J connectivity index is 1.61. The van der Waals surface area contributed by atoms with E-state index in [0.29, 0.717) is 30.5 Å². The van der Waals surface area contributed by atoms with Crippen molar-refractivity contribution in [2.75, 3.05) is 6.54 Å². The Morgan fingerprint density at radius 3 is 2.61 bits per heavy atom. The van der Waals surface area contributed by atoms with Gasteiger partial charge in [-0.3, -0.25) is 9.59 Å². The number of hydrogen-bond donors (Lipinski definition) is 2. The number of carbonyl (C=O) groups excluding carboxylic acids is 2. The van der Waals surface area contributed by atoms with E-state index in [0.717, 1.165) is 32.1 Å². The van der Waals surface area contributed by atoms with Gasteiger partial charge in [0, 0.05) is 18.2 Å². The molecule has 0 amide bonds. The van der Waals surface area contributed by atoms with Crippen LogP contribution >= 0.6 is 0 Å². The smallest absolute Gasteiger partial charge is 0.232 e. The van der Waals surface area contributed by atoms with Gasteiger partial charge in [0.05, 0.1) is 5.70 Å². The van der Waals surface area contributed by atoms with Crippen molar-refractivity contribution in [3.8, 4) is 0 Å². The van der Waals surface area contributed by atoms with E-state index in [4.69, 9.17) is 0 Å². The molecule has 0 radical (unpaired) electrons. The molecule has 0 heterocycles. The van der Waals surface area contributed by atoms with Crippen LogP contribution in [0.25, 0.3) is 0 Å². The molecule has 1 aromatic carbocycles. The van der Waals surface area contributed by atoms with Crippen molar-refractivity contribution in [1.82, 2.24) is 5.32 Å². The van der Waals surface area contributed by atoms with Gasteiger partial charge in [-0.25, -0.2) is 0 Å². The molecule has 4 rings (SSSR count). The maximum atomic E-state index is 12.9. The third kappa shape index (κ3) is 4.36. The van der Waals surface area contributed by atoms with Crippen LogP contribution in [-0.2, 0) is 16.0 Å². The van der Waals surface area contributed by atoms with Crippen LogP contribution < -0.4 is 5.32 Å². The Labute approximate surface area is 197 Å². The largest absolute Gasteiger partial charge is 0.505 e. The van der Waals surface area contributed by atoms with Crippen LogP contribution in [0.5, 0.6) is 0 Å². The van der Waals surface area contributed by atoms with E-state index in [1.165, 1.54) is 28.4 Å². The molecule has 0 saturated heterocycles. The fourth-order valence-electron chi connectivity index (χ4n) is 6.02. The molecular formula is C29H35NO3. The van der Waals surface area contributed by atoms with Gasteiger partial charge in [-0.15, -0.1) is 0 Å². The maximum absolute atomic E-state index is 12.9. The Morgan fingerprint density at radius 1 is 1.15 bits per heavy atom. The molecule has 33 heavy (non-hydrogen) atoms. The van der Waals surface area contributed by atoms with E-state index in [1.54, 1.807) is 0 Å². The van der Waals surface area contributed by atoms with Crippen molar-refractivity contribution >= 4 is 11.6 Å². The van der Waals surface area contributed by atoms with E-state index in [-0.39, 0.29) is 16.7 Å². The van der Waals surface area contributed by atoms with E-state index in [1.807, 2.05) is 30.3 Å². The second-order valence-electron chi connectivity index (χ2n) is 10.2. The van der Waals surface area contributed by atoms with E-state index in [9.17, 15) is 14.7 Å². The minimum Gasteiger partial charge on any atom is -0.505 e. The molecule has 4 nitrogen and oxygen atoms in total. The molecule has 3 aliphatic rings. The molecule has 0 bridgehead atoms. The minimum absolute atomic E-state index is 0.0727. The molecule has 0 aliphatic heterocycles. The fraction of sp³-hybridized carbons (Fsp3) is 0.448. The highest BCUT2D eigenvalue weighted by Crippen LogP contribution is 2.55. The number of nitrogens with one attached hydrogen (secondary N) is 1. The number of carbonyl (C=O) groups is 2. The molecule has 0 saturated carbocycles. The summed E-state index contributed by atoms with van der Waals surface area (Å²) in [5.41, 5.74) is 5.45. The molecule has 3 aliphatic carbocycles. The number of aliphatic hydroxyl groups is 1. The standard InChI is InChI=1S/C29H35NO3/c1-18-9-8-12-23-26(18)19(2)15-20(3)29(23,4)17-22-27(32)24(16-25(31)28(22)33)30-14-13-21-10-6-5-7-11-21/h5-7,10-11,16,19-20,30,32H,1,8-9,12-15,17H2,2-4H3/t19-,20+,29-/m1/s1.